The lowest BCUT2D eigenvalue weighted by Crippen LogP contribution is -2.15. The molecule has 0 fully saturated rings. The molecule has 7 nitrogen and oxygen atoms in total. The van der Waals surface area contributed by atoms with Gasteiger partial charge in [0, 0.05) is 34.8 Å². The quantitative estimate of drug-likeness (QED) is 0.640. The summed E-state index contributed by atoms with van der Waals surface area (Å²) in [4.78, 5) is 28.4. The number of aromatic nitrogens is 1. The number of anilines is 3. The molecule has 2 heterocycles. The van der Waals surface area contributed by atoms with Gasteiger partial charge < -0.3 is 20.1 Å². The largest absolute Gasteiger partial charge is 0.486 e. The molecule has 0 unspecified atom stereocenters. The van der Waals surface area contributed by atoms with Gasteiger partial charge in [-0.3, -0.25) is 9.59 Å². The number of ether oxygens (including phenoxy) is 2. The Morgan fingerprint density at radius 1 is 0.897 bits per heavy atom. The molecule has 0 saturated carbocycles. The van der Waals surface area contributed by atoms with E-state index >= 15 is 0 Å². The van der Waals surface area contributed by atoms with E-state index in [1.807, 2.05) is 18.2 Å². The van der Waals surface area contributed by atoms with Crippen LogP contribution < -0.4 is 20.1 Å². The third-order valence-corrected chi connectivity index (χ3v) is 4.36. The summed E-state index contributed by atoms with van der Waals surface area (Å²) >= 11 is 0. The van der Waals surface area contributed by atoms with Crippen LogP contribution >= 0.6 is 0 Å². The Bertz CT molecular complexity index is 1080. The molecule has 3 aromatic rings. The first-order valence-corrected chi connectivity index (χ1v) is 9.13. The van der Waals surface area contributed by atoms with Crippen LogP contribution in [0.5, 0.6) is 11.5 Å². The van der Waals surface area contributed by atoms with E-state index in [0.717, 1.165) is 5.69 Å². The molecular weight excluding hydrogens is 370 g/mol. The Balaban J connectivity index is 1.49. The van der Waals surface area contributed by atoms with E-state index < -0.39 is 0 Å². The predicted octanol–water partition coefficient (Wildman–Crippen LogP) is 4.05. The van der Waals surface area contributed by atoms with E-state index in [1.165, 1.54) is 6.92 Å². The van der Waals surface area contributed by atoms with E-state index in [-0.39, 0.29) is 11.7 Å². The molecule has 0 bridgehead atoms. The lowest BCUT2D eigenvalue weighted by Gasteiger charge is -2.19. The molecule has 2 N–H and O–H groups in total. The fourth-order valence-electron chi connectivity index (χ4n) is 2.93. The van der Waals surface area contributed by atoms with Crippen LogP contribution in [0.15, 0.2) is 60.8 Å². The van der Waals surface area contributed by atoms with Crippen molar-refractivity contribution in [2.24, 2.45) is 0 Å². The van der Waals surface area contributed by atoms with E-state index in [4.69, 9.17) is 9.47 Å². The van der Waals surface area contributed by atoms with Crippen molar-refractivity contribution in [3.05, 3.63) is 71.9 Å². The van der Waals surface area contributed by atoms with Crippen LogP contribution in [0, 0.1) is 0 Å². The zero-order chi connectivity index (χ0) is 20.2. The highest BCUT2D eigenvalue weighted by atomic mass is 16.6. The van der Waals surface area contributed by atoms with Gasteiger partial charge in [-0.2, -0.15) is 0 Å². The molecule has 0 radical (unpaired) electrons. The van der Waals surface area contributed by atoms with Crippen molar-refractivity contribution < 1.29 is 19.1 Å². The van der Waals surface area contributed by atoms with Crippen molar-refractivity contribution in [1.29, 1.82) is 0 Å². The number of nitrogens with one attached hydrogen (secondary N) is 2. The average Bonchev–Trinajstić information content (AvgIpc) is 2.74. The number of fused-ring (bicyclic) bond motifs is 1. The summed E-state index contributed by atoms with van der Waals surface area (Å²) in [6.45, 7) is 2.53. The SMILES string of the molecule is CC(=O)c1cccc(NC(=O)c2ccnc(Nc3ccc4c(c3)OCCO4)c2)c1. The first kappa shape index (κ1) is 18.5. The number of carbonyl (C=O) groups is 2. The van der Waals surface area contributed by atoms with Gasteiger partial charge in [0.05, 0.1) is 0 Å². The molecule has 4 rings (SSSR count). The Hall–Kier alpha value is -3.87. The second-order valence-electron chi connectivity index (χ2n) is 6.50. The van der Waals surface area contributed by atoms with Crippen LogP contribution in [0.2, 0.25) is 0 Å². The minimum atomic E-state index is -0.293. The zero-order valence-electron chi connectivity index (χ0n) is 15.8. The summed E-state index contributed by atoms with van der Waals surface area (Å²) in [6, 6.07) is 15.6. The number of Topliss-reactive ketones (excluding diaryl/α,β-unsaturated/α-hetero) is 1. The predicted molar refractivity (Wildman–Crippen MR) is 109 cm³/mol. The number of amides is 1. The highest BCUT2D eigenvalue weighted by Crippen LogP contribution is 2.33. The van der Waals surface area contributed by atoms with E-state index in [0.29, 0.717) is 47.3 Å². The molecule has 1 aromatic heterocycles. The highest BCUT2D eigenvalue weighted by molar-refractivity contribution is 6.05. The molecule has 0 atom stereocenters. The van der Waals surface area contributed by atoms with Crippen LogP contribution in [-0.2, 0) is 0 Å². The Morgan fingerprint density at radius 2 is 1.72 bits per heavy atom. The summed E-state index contributed by atoms with van der Waals surface area (Å²) in [7, 11) is 0. The van der Waals surface area contributed by atoms with Crippen molar-refractivity contribution in [3.63, 3.8) is 0 Å². The van der Waals surface area contributed by atoms with Gasteiger partial charge in [0.15, 0.2) is 17.3 Å². The maximum atomic E-state index is 12.6. The van der Waals surface area contributed by atoms with Crippen LogP contribution in [0.1, 0.15) is 27.6 Å². The number of pyridine rings is 1. The Labute approximate surface area is 167 Å². The molecule has 7 heteroatoms. The first-order chi connectivity index (χ1) is 14.1. The lowest BCUT2D eigenvalue weighted by molar-refractivity contribution is 0.101. The van der Waals surface area contributed by atoms with Crippen molar-refractivity contribution in [1.82, 2.24) is 4.98 Å². The molecule has 1 aliphatic rings. The second kappa shape index (κ2) is 8.02. The van der Waals surface area contributed by atoms with E-state index in [9.17, 15) is 9.59 Å². The van der Waals surface area contributed by atoms with Gasteiger partial charge in [-0.05, 0) is 43.3 Å². The first-order valence-electron chi connectivity index (χ1n) is 9.13. The van der Waals surface area contributed by atoms with Gasteiger partial charge in [0.1, 0.15) is 19.0 Å². The third kappa shape index (κ3) is 4.35. The van der Waals surface area contributed by atoms with Gasteiger partial charge in [-0.25, -0.2) is 4.98 Å². The van der Waals surface area contributed by atoms with Gasteiger partial charge in [-0.15, -0.1) is 0 Å². The summed E-state index contributed by atoms with van der Waals surface area (Å²) in [6.07, 6.45) is 1.56. The third-order valence-electron chi connectivity index (χ3n) is 4.36. The van der Waals surface area contributed by atoms with E-state index in [2.05, 4.69) is 15.6 Å². The maximum Gasteiger partial charge on any atom is 0.255 e. The monoisotopic (exact) mass is 389 g/mol. The van der Waals surface area contributed by atoms with Crippen LogP contribution in [0.4, 0.5) is 17.2 Å². The average molecular weight is 389 g/mol. The summed E-state index contributed by atoms with van der Waals surface area (Å²) < 4.78 is 11.1. The van der Waals surface area contributed by atoms with E-state index in [1.54, 1.807) is 42.6 Å². The fraction of sp³-hybridized carbons (Fsp3) is 0.136. The van der Waals surface area contributed by atoms with Gasteiger partial charge >= 0.3 is 0 Å². The van der Waals surface area contributed by atoms with Gasteiger partial charge in [0.2, 0.25) is 0 Å². The van der Waals surface area contributed by atoms with Crippen LogP contribution in [0.3, 0.4) is 0 Å². The van der Waals surface area contributed by atoms with Crippen molar-refractivity contribution >= 4 is 28.9 Å². The Kier molecular flexibility index (Phi) is 5.11. The second-order valence-corrected chi connectivity index (χ2v) is 6.50. The minimum absolute atomic E-state index is 0.0593. The summed E-state index contributed by atoms with van der Waals surface area (Å²) in [5.74, 6) is 1.54. The molecule has 0 aliphatic carbocycles. The van der Waals surface area contributed by atoms with Gasteiger partial charge in [0.25, 0.3) is 5.91 Å². The zero-order valence-corrected chi connectivity index (χ0v) is 15.8. The number of hydrogen-bond acceptors (Lipinski definition) is 6. The normalized spacial score (nSPS) is 12.2. The number of ketones is 1. The van der Waals surface area contributed by atoms with Crippen molar-refractivity contribution in [3.8, 4) is 11.5 Å². The number of carbonyl (C=O) groups excluding carboxylic acids is 2. The molecule has 1 amide bonds. The standard InChI is InChI=1S/C22H19N3O4/c1-14(26)15-3-2-4-17(11-15)25-22(27)16-7-8-23-21(12-16)24-18-5-6-19-20(13-18)29-10-9-28-19/h2-8,11-13H,9-10H2,1H3,(H,23,24)(H,25,27). The van der Waals surface area contributed by atoms with Crippen LogP contribution in [0.25, 0.3) is 0 Å². The van der Waals surface area contributed by atoms with Gasteiger partial charge in [-0.1, -0.05) is 12.1 Å². The number of benzene rings is 2. The highest BCUT2D eigenvalue weighted by Gasteiger charge is 2.13. The lowest BCUT2D eigenvalue weighted by atomic mass is 10.1. The molecular formula is C22H19N3O4. The number of hydrogen-bond donors (Lipinski definition) is 2. The minimum Gasteiger partial charge on any atom is -0.486 e. The smallest absolute Gasteiger partial charge is 0.255 e. The molecule has 1 aliphatic heterocycles. The van der Waals surface area contributed by atoms with Crippen LogP contribution in [-0.4, -0.2) is 29.9 Å². The molecule has 29 heavy (non-hydrogen) atoms. The molecule has 0 spiro atoms. The topological polar surface area (TPSA) is 89.6 Å². The van der Waals surface area contributed by atoms with Crippen molar-refractivity contribution in [2.45, 2.75) is 6.92 Å². The Morgan fingerprint density at radius 3 is 2.55 bits per heavy atom. The molecule has 0 saturated heterocycles. The molecule has 2 aromatic carbocycles. The maximum absolute atomic E-state index is 12.6. The molecule has 146 valence electrons. The summed E-state index contributed by atoms with van der Waals surface area (Å²) in [5.41, 5.74) is 2.31. The fourth-order valence-corrected chi connectivity index (χ4v) is 2.93. The van der Waals surface area contributed by atoms with Crippen molar-refractivity contribution in [2.75, 3.05) is 23.8 Å². The number of rotatable bonds is 5. The number of nitrogens with zero attached hydrogens (tertiary/aromatic N) is 1. The summed E-state index contributed by atoms with van der Waals surface area (Å²) in [5, 5.41) is 5.97.